The molecular formula is C17H18NOS+. The van der Waals surface area contributed by atoms with Crippen LogP contribution in [-0.2, 0) is 0 Å². The monoisotopic (exact) mass is 284 g/mol. The van der Waals surface area contributed by atoms with Crippen molar-refractivity contribution in [2.75, 3.05) is 19.4 Å². The van der Waals surface area contributed by atoms with E-state index < -0.39 is 0 Å². The molecule has 1 aliphatic heterocycles. The number of thioether (sulfide) groups is 1. The largest absolute Gasteiger partial charge is 0.497 e. The van der Waals surface area contributed by atoms with E-state index in [2.05, 4.69) is 23.5 Å². The van der Waals surface area contributed by atoms with Crippen LogP contribution in [0.15, 0.2) is 59.6 Å². The van der Waals surface area contributed by atoms with Crippen LogP contribution in [0.4, 0.5) is 0 Å². The third-order valence-electron chi connectivity index (χ3n) is 2.79. The first-order chi connectivity index (χ1) is 9.79. The Morgan fingerprint density at radius 2 is 2.15 bits per heavy atom. The molecule has 1 aromatic rings. The van der Waals surface area contributed by atoms with Gasteiger partial charge < -0.3 is 4.74 Å². The topological polar surface area (TPSA) is 23.2 Å². The van der Waals surface area contributed by atoms with Gasteiger partial charge in [0.25, 0.3) is 0 Å². The van der Waals surface area contributed by atoms with Gasteiger partial charge in [-0.15, -0.1) is 11.8 Å². The Hall–Kier alpha value is -1.96. The lowest BCUT2D eigenvalue weighted by Crippen LogP contribution is -2.68. The summed E-state index contributed by atoms with van der Waals surface area (Å²) >= 11 is 1.80. The van der Waals surface area contributed by atoms with Gasteiger partial charge in [-0.05, 0) is 35.4 Å². The van der Waals surface area contributed by atoms with E-state index in [4.69, 9.17) is 4.74 Å². The van der Waals surface area contributed by atoms with Crippen LogP contribution < -0.4 is 9.73 Å². The second kappa shape index (κ2) is 7.59. The Morgan fingerprint density at radius 1 is 1.35 bits per heavy atom. The molecule has 0 aliphatic carbocycles. The molecule has 0 amide bonds. The van der Waals surface area contributed by atoms with Gasteiger partial charge in [-0.25, -0.2) is 4.99 Å². The fraction of sp³-hybridized carbons (Fsp3) is 0.176. The van der Waals surface area contributed by atoms with Crippen LogP contribution in [0.25, 0.3) is 6.08 Å². The van der Waals surface area contributed by atoms with Crippen molar-refractivity contribution in [1.29, 1.82) is 0 Å². The summed E-state index contributed by atoms with van der Waals surface area (Å²) in [4.78, 5) is 4.30. The lowest BCUT2D eigenvalue weighted by Gasteiger charge is -2.07. The van der Waals surface area contributed by atoms with E-state index in [1.54, 1.807) is 18.9 Å². The minimum absolute atomic E-state index is 0.870. The van der Waals surface area contributed by atoms with Crippen LogP contribution in [0.3, 0.4) is 0 Å². The van der Waals surface area contributed by atoms with Gasteiger partial charge in [0, 0.05) is 11.0 Å². The highest BCUT2D eigenvalue weighted by Crippen LogP contribution is 2.27. The molecule has 1 aromatic carbocycles. The standard InChI is InChI=1S/C17H17NOS/c1-14-5-3-4-10-18-11-12-20-17(14)13-15-6-8-16(19-2)9-7-15/h3-9,13H,1,11-12H2,2H3/p+1/b5-3-,17-13-. The van der Waals surface area contributed by atoms with Crippen LogP contribution in [0.2, 0.25) is 0 Å². The molecule has 0 saturated carbocycles. The maximum Gasteiger partial charge on any atom is 0.165 e. The van der Waals surface area contributed by atoms with Crippen LogP contribution in [0.1, 0.15) is 5.56 Å². The van der Waals surface area contributed by atoms with Crippen LogP contribution >= 0.6 is 11.8 Å². The zero-order chi connectivity index (χ0) is 14.2. The molecule has 0 fully saturated rings. The predicted octanol–water partition coefficient (Wildman–Crippen LogP) is 2.20. The van der Waals surface area contributed by atoms with E-state index in [1.807, 2.05) is 42.5 Å². The second-order valence-electron chi connectivity index (χ2n) is 4.25. The van der Waals surface area contributed by atoms with Gasteiger partial charge in [-0.3, -0.25) is 0 Å². The van der Waals surface area contributed by atoms with Gasteiger partial charge in [-0.1, -0.05) is 24.8 Å². The second-order valence-corrected chi connectivity index (χ2v) is 5.39. The molecular weight excluding hydrogens is 266 g/mol. The summed E-state index contributed by atoms with van der Waals surface area (Å²) in [5.41, 5.74) is 2.17. The Morgan fingerprint density at radius 3 is 2.90 bits per heavy atom. The van der Waals surface area contributed by atoms with E-state index in [0.29, 0.717) is 0 Å². The van der Waals surface area contributed by atoms with Crippen molar-refractivity contribution in [3.05, 3.63) is 65.1 Å². The summed E-state index contributed by atoms with van der Waals surface area (Å²) in [6, 6.07) is 8.03. The Kier molecular flexibility index (Phi) is 5.48. The van der Waals surface area contributed by atoms with Gasteiger partial charge in [0.15, 0.2) is 12.4 Å². The zero-order valence-corrected chi connectivity index (χ0v) is 12.4. The van der Waals surface area contributed by atoms with Gasteiger partial charge in [0.1, 0.15) is 5.75 Å². The van der Waals surface area contributed by atoms with Crippen molar-refractivity contribution in [1.82, 2.24) is 0 Å². The van der Waals surface area contributed by atoms with Crippen LogP contribution in [0.5, 0.6) is 5.75 Å². The highest BCUT2D eigenvalue weighted by molar-refractivity contribution is 8.03. The molecule has 1 heterocycles. The molecule has 0 radical (unpaired) electrons. The maximum absolute atomic E-state index is 5.17. The molecule has 1 aliphatic rings. The van der Waals surface area contributed by atoms with Crippen LogP contribution in [-0.4, -0.2) is 25.3 Å². The molecule has 0 bridgehead atoms. The number of hydrogen-bond acceptors (Lipinski definition) is 2. The molecule has 0 saturated heterocycles. The molecule has 1 N–H and O–H groups in total. The number of methoxy groups -OCH3 is 1. The molecule has 0 spiro atoms. The van der Waals surface area contributed by atoms with Crippen molar-refractivity contribution >= 4 is 23.7 Å². The van der Waals surface area contributed by atoms with Gasteiger partial charge in [-0.2, -0.15) is 0 Å². The number of nitrogens with one attached hydrogen (secondary N) is 1. The van der Waals surface area contributed by atoms with Crippen molar-refractivity contribution in [2.45, 2.75) is 0 Å². The summed E-state index contributed by atoms with van der Waals surface area (Å²) in [5.74, 6) is 4.85. The average molecular weight is 284 g/mol. The van der Waals surface area contributed by atoms with Gasteiger partial charge in [0.05, 0.1) is 12.9 Å². The molecule has 20 heavy (non-hydrogen) atoms. The van der Waals surface area contributed by atoms with E-state index >= 15 is 0 Å². The molecule has 2 nitrogen and oxygen atoms in total. The quantitative estimate of drug-likeness (QED) is 0.900. The van der Waals surface area contributed by atoms with Gasteiger partial charge in [0.2, 0.25) is 0 Å². The molecule has 2 rings (SSSR count). The van der Waals surface area contributed by atoms with E-state index in [9.17, 15) is 0 Å². The Balaban J connectivity index is 2.22. The number of allylic oxidation sites excluding steroid dienone is 4. The highest BCUT2D eigenvalue weighted by atomic mass is 32.2. The predicted molar refractivity (Wildman–Crippen MR) is 87.1 cm³/mol. The maximum atomic E-state index is 5.17. The average Bonchev–Trinajstić information content (AvgIpc) is 2.49. The SMILES string of the molecule is C=C1/C=C\C=C=[NH+]CCS/C1=C\c1ccc(OC)cc1. The summed E-state index contributed by atoms with van der Waals surface area (Å²) in [7, 11) is 1.68. The Bertz CT molecular complexity index is 590. The first kappa shape index (κ1) is 14.4. The van der Waals surface area contributed by atoms with E-state index in [1.165, 1.54) is 4.91 Å². The molecule has 0 aromatic heterocycles. The van der Waals surface area contributed by atoms with Crippen molar-refractivity contribution < 1.29 is 9.73 Å². The molecule has 0 unspecified atom stereocenters. The lowest BCUT2D eigenvalue weighted by molar-refractivity contribution is -0.442. The number of ether oxygens (including phenoxy) is 1. The first-order valence-corrected chi connectivity index (χ1v) is 7.44. The number of benzene rings is 1. The molecule has 102 valence electrons. The molecule has 3 heteroatoms. The van der Waals surface area contributed by atoms with Crippen molar-refractivity contribution in [3.8, 4) is 5.75 Å². The highest BCUT2D eigenvalue weighted by Gasteiger charge is 2.03. The first-order valence-electron chi connectivity index (χ1n) is 6.46. The lowest BCUT2D eigenvalue weighted by atomic mass is 10.1. The summed E-state index contributed by atoms with van der Waals surface area (Å²) in [6.45, 7) is 5.02. The van der Waals surface area contributed by atoms with Gasteiger partial charge >= 0.3 is 0 Å². The summed E-state index contributed by atoms with van der Waals surface area (Å²) in [6.07, 6.45) is 7.98. The third-order valence-corrected chi connectivity index (χ3v) is 3.89. The summed E-state index contributed by atoms with van der Waals surface area (Å²) in [5, 5.41) is 0. The smallest absolute Gasteiger partial charge is 0.165 e. The molecule has 0 atom stereocenters. The number of rotatable bonds is 2. The zero-order valence-electron chi connectivity index (χ0n) is 11.6. The van der Waals surface area contributed by atoms with E-state index in [0.717, 1.165) is 29.2 Å². The normalized spacial score (nSPS) is 19.1. The third kappa shape index (κ3) is 4.30. The van der Waals surface area contributed by atoms with Crippen molar-refractivity contribution in [3.63, 3.8) is 0 Å². The van der Waals surface area contributed by atoms with E-state index in [-0.39, 0.29) is 0 Å². The summed E-state index contributed by atoms with van der Waals surface area (Å²) < 4.78 is 5.17. The fourth-order valence-electron chi connectivity index (χ4n) is 1.72. The fourth-order valence-corrected chi connectivity index (χ4v) is 2.61. The van der Waals surface area contributed by atoms with Crippen LogP contribution in [0, 0.1) is 0 Å². The van der Waals surface area contributed by atoms with Crippen molar-refractivity contribution in [2.24, 2.45) is 0 Å². The number of hydrogen-bond donors (Lipinski definition) is 1. The minimum atomic E-state index is 0.870. The minimum Gasteiger partial charge on any atom is -0.497 e. The Labute approximate surface area is 124 Å².